The van der Waals surface area contributed by atoms with Gasteiger partial charge in [-0.2, -0.15) is 5.26 Å². The number of hydrogen-bond acceptors (Lipinski definition) is 6. The van der Waals surface area contributed by atoms with E-state index in [2.05, 4.69) is 16.0 Å². The molecule has 0 N–H and O–H groups in total. The first-order valence-electron chi connectivity index (χ1n) is 8.59. The molecule has 1 aliphatic heterocycles. The number of amides is 2. The molecule has 1 aromatic carbocycles. The summed E-state index contributed by atoms with van der Waals surface area (Å²) in [5, 5.41) is 11.9. The Hall–Kier alpha value is -3.63. The number of nitriles is 1. The maximum absolute atomic E-state index is 12.4. The Morgan fingerprint density at radius 2 is 1.79 bits per heavy atom. The van der Waals surface area contributed by atoms with E-state index >= 15 is 0 Å². The molecular weight excluding hydrogens is 372 g/mol. The van der Waals surface area contributed by atoms with Crippen LogP contribution in [0.2, 0.25) is 0 Å². The van der Waals surface area contributed by atoms with E-state index in [4.69, 9.17) is 0 Å². The average molecular weight is 386 g/mol. The summed E-state index contributed by atoms with van der Waals surface area (Å²) >= 11 is 1.37. The van der Waals surface area contributed by atoms with Crippen LogP contribution in [-0.4, -0.2) is 33.2 Å². The SMILES string of the molecule is N#C/C(=C/c1ccncc1)c1nc(CCN2C(=O)c3ccccc3C2=O)cs1. The van der Waals surface area contributed by atoms with Gasteiger partial charge in [0.1, 0.15) is 11.1 Å². The number of thiazole rings is 1. The maximum atomic E-state index is 12.4. The highest BCUT2D eigenvalue weighted by Gasteiger charge is 2.34. The second kappa shape index (κ2) is 7.55. The Kier molecular flexibility index (Phi) is 4.79. The van der Waals surface area contributed by atoms with Gasteiger partial charge in [-0.15, -0.1) is 11.3 Å². The van der Waals surface area contributed by atoms with Crippen molar-refractivity contribution in [3.63, 3.8) is 0 Å². The lowest BCUT2D eigenvalue weighted by Crippen LogP contribution is -2.31. The van der Waals surface area contributed by atoms with Crippen LogP contribution in [0.15, 0.2) is 54.2 Å². The Balaban J connectivity index is 1.48. The second-order valence-electron chi connectivity index (χ2n) is 6.15. The molecule has 0 saturated heterocycles. The van der Waals surface area contributed by atoms with Gasteiger partial charge in [0, 0.05) is 30.7 Å². The quantitative estimate of drug-likeness (QED) is 0.495. The number of imide groups is 1. The van der Waals surface area contributed by atoms with Gasteiger partial charge in [0.15, 0.2) is 0 Å². The zero-order valence-electron chi connectivity index (χ0n) is 14.7. The largest absolute Gasteiger partial charge is 0.274 e. The maximum Gasteiger partial charge on any atom is 0.261 e. The third-order valence-corrected chi connectivity index (χ3v) is 5.31. The molecule has 1 aliphatic rings. The van der Waals surface area contributed by atoms with E-state index in [-0.39, 0.29) is 18.4 Å². The number of fused-ring (bicyclic) bond motifs is 1. The second-order valence-corrected chi connectivity index (χ2v) is 7.01. The van der Waals surface area contributed by atoms with E-state index in [1.54, 1.807) is 42.7 Å². The highest BCUT2D eigenvalue weighted by atomic mass is 32.1. The number of aromatic nitrogens is 2. The van der Waals surface area contributed by atoms with Crippen molar-refractivity contribution < 1.29 is 9.59 Å². The summed E-state index contributed by atoms with van der Waals surface area (Å²) in [6, 6.07) is 12.6. The minimum absolute atomic E-state index is 0.255. The molecule has 3 aromatic rings. The molecule has 7 heteroatoms. The van der Waals surface area contributed by atoms with Crippen LogP contribution in [0.5, 0.6) is 0 Å². The van der Waals surface area contributed by atoms with Gasteiger partial charge in [0.2, 0.25) is 0 Å². The number of nitrogens with zero attached hydrogens (tertiary/aromatic N) is 4. The van der Waals surface area contributed by atoms with E-state index in [9.17, 15) is 14.9 Å². The predicted octanol–water partition coefficient (Wildman–Crippen LogP) is 3.44. The van der Waals surface area contributed by atoms with Crippen LogP contribution in [0.1, 0.15) is 37.0 Å². The van der Waals surface area contributed by atoms with Crippen molar-refractivity contribution in [2.24, 2.45) is 0 Å². The highest BCUT2D eigenvalue weighted by Crippen LogP contribution is 2.24. The summed E-state index contributed by atoms with van der Waals surface area (Å²) in [7, 11) is 0. The van der Waals surface area contributed by atoms with Crippen molar-refractivity contribution in [2.75, 3.05) is 6.54 Å². The summed E-state index contributed by atoms with van der Waals surface area (Å²) in [6.07, 6.45) is 5.52. The fourth-order valence-corrected chi connectivity index (χ4v) is 3.80. The van der Waals surface area contributed by atoms with E-state index in [0.717, 1.165) is 11.3 Å². The summed E-state index contributed by atoms with van der Waals surface area (Å²) in [6.45, 7) is 0.255. The minimum Gasteiger partial charge on any atom is -0.274 e. The van der Waals surface area contributed by atoms with E-state index in [0.29, 0.717) is 28.1 Å². The fourth-order valence-electron chi connectivity index (χ4n) is 2.98. The van der Waals surface area contributed by atoms with Gasteiger partial charge < -0.3 is 0 Å². The lowest BCUT2D eigenvalue weighted by atomic mass is 10.1. The summed E-state index contributed by atoms with van der Waals surface area (Å²) in [5.41, 5.74) is 2.96. The standard InChI is InChI=1S/C21H14N4O2S/c22-12-15(11-14-5-8-23-9-6-14)19-24-16(13-28-19)7-10-25-20(26)17-3-1-2-4-18(17)21(25)27/h1-6,8-9,11,13H,7,10H2/b15-11-. The highest BCUT2D eigenvalue weighted by molar-refractivity contribution is 7.11. The Morgan fingerprint density at radius 3 is 2.43 bits per heavy atom. The van der Waals surface area contributed by atoms with Crippen LogP contribution >= 0.6 is 11.3 Å². The van der Waals surface area contributed by atoms with Crippen molar-refractivity contribution in [1.29, 1.82) is 5.26 Å². The van der Waals surface area contributed by atoms with Crippen molar-refractivity contribution in [1.82, 2.24) is 14.9 Å². The zero-order chi connectivity index (χ0) is 19.5. The van der Waals surface area contributed by atoms with E-state index in [1.165, 1.54) is 16.2 Å². The van der Waals surface area contributed by atoms with Gasteiger partial charge in [-0.1, -0.05) is 12.1 Å². The molecule has 4 rings (SSSR count). The van der Waals surface area contributed by atoms with Crippen LogP contribution in [0.3, 0.4) is 0 Å². The number of carbonyl (C=O) groups is 2. The van der Waals surface area contributed by atoms with Crippen LogP contribution in [0.4, 0.5) is 0 Å². The van der Waals surface area contributed by atoms with Crippen LogP contribution < -0.4 is 0 Å². The average Bonchev–Trinajstić information content (AvgIpc) is 3.29. The molecule has 2 aromatic heterocycles. The number of pyridine rings is 1. The molecule has 0 spiro atoms. The fraction of sp³-hybridized carbons (Fsp3) is 0.0952. The number of allylic oxidation sites excluding steroid dienone is 1. The van der Waals surface area contributed by atoms with E-state index < -0.39 is 0 Å². The Labute approximate surface area is 165 Å². The third kappa shape index (κ3) is 3.33. The van der Waals surface area contributed by atoms with Gasteiger partial charge in [-0.25, -0.2) is 4.98 Å². The van der Waals surface area contributed by atoms with Crippen molar-refractivity contribution in [2.45, 2.75) is 6.42 Å². The molecular formula is C21H14N4O2S. The van der Waals surface area contributed by atoms with Crippen LogP contribution in [-0.2, 0) is 6.42 Å². The molecule has 136 valence electrons. The monoisotopic (exact) mass is 386 g/mol. The van der Waals surface area contributed by atoms with Gasteiger partial charge >= 0.3 is 0 Å². The van der Waals surface area contributed by atoms with Crippen molar-refractivity contribution in [3.8, 4) is 6.07 Å². The minimum atomic E-state index is -0.272. The lowest BCUT2D eigenvalue weighted by molar-refractivity contribution is 0.0656. The number of rotatable bonds is 5. The molecule has 0 fully saturated rings. The molecule has 0 radical (unpaired) electrons. The van der Waals surface area contributed by atoms with Gasteiger partial charge in [-0.3, -0.25) is 19.5 Å². The summed E-state index contributed by atoms with van der Waals surface area (Å²) < 4.78 is 0. The Morgan fingerprint density at radius 1 is 1.11 bits per heavy atom. The molecule has 2 amide bonds. The zero-order valence-corrected chi connectivity index (χ0v) is 15.5. The van der Waals surface area contributed by atoms with Crippen molar-refractivity contribution >= 4 is 34.8 Å². The first-order valence-corrected chi connectivity index (χ1v) is 9.47. The van der Waals surface area contributed by atoms with Gasteiger partial charge in [0.25, 0.3) is 11.8 Å². The topological polar surface area (TPSA) is 86.9 Å². The normalized spacial score (nSPS) is 13.5. The molecule has 0 bridgehead atoms. The van der Waals surface area contributed by atoms with Gasteiger partial charge in [-0.05, 0) is 35.9 Å². The molecule has 28 heavy (non-hydrogen) atoms. The lowest BCUT2D eigenvalue weighted by Gasteiger charge is -2.12. The molecule has 0 saturated carbocycles. The third-order valence-electron chi connectivity index (χ3n) is 4.39. The summed E-state index contributed by atoms with van der Waals surface area (Å²) in [5.74, 6) is -0.544. The smallest absolute Gasteiger partial charge is 0.261 e. The molecule has 0 unspecified atom stereocenters. The first kappa shape index (κ1) is 17.8. The van der Waals surface area contributed by atoms with Crippen LogP contribution in [0, 0.1) is 11.3 Å². The number of benzene rings is 1. The van der Waals surface area contributed by atoms with Gasteiger partial charge in [0.05, 0.1) is 22.4 Å². The van der Waals surface area contributed by atoms with E-state index in [1.807, 2.05) is 17.5 Å². The number of carbonyl (C=O) groups excluding carboxylic acids is 2. The predicted molar refractivity (Wildman–Crippen MR) is 105 cm³/mol. The molecule has 0 atom stereocenters. The van der Waals surface area contributed by atoms with Crippen molar-refractivity contribution in [3.05, 3.63) is 81.6 Å². The first-order chi connectivity index (χ1) is 13.7. The number of hydrogen-bond donors (Lipinski definition) is 0. The molecule has 6 nitrogen and oxygen atoms in total. The molecule has 3 heterocycles. The summed E-state index contributed by atoms with van der Waals surface area (Å²) in [4.78, 5) is 34.6. The Bertz CT molecular complexity index is 1090. The van der Waals surface area contributed by atoms with Crippen LogP contribution in [0.25, 0.3) is 11.6 Å². The molecule has 0 aliphatic carbocycles.